The van der Waals surface area contributed by atoms with Gasteiger partial charge in [0.05, 0.1) is 26.2 Å². The van der Waals surface area contributed by atoms with Crippen molar-refractivity contribution in [2.75, 3.05) is 85.1 Å². The van der Waals surface area contributed by atoms with E-state index >= 15 is 0 Å². The summed E-state index contributed by atoms with van der Waals surface area (Å²) in [4.78, 5) is 70.8. The van der Waals surface area contributed by atoms with Crippen LogP contribution in [0.15, 0.2) is 0 Å². The molecule has 18 nitrogen and oxygen atoms in total. The van der Waals surface area contributed by atoms with E-state index in [4.69, 9.17) is 9.79 Å². The molecule has 20 heteroatoms. The van der Waals surface area contributed by atoms with Gasteiger partial charge in [0.2, 0.25) is 5.91 Å². The summed E-state index contributed by atoms with van der Waals surface area (Å²) < 4.78 is 30.8. The first kappa shape index (κ1) is 35.0. The summed E-state index contributed by atoms with van der Waals surface area (Å²) in [5.41, 5.74) is 0. The first-order valence-electron chi connectivity index (χ1n) is 11.9. The minimum absolute atomic E-state index is 0.114. The lowest BCUT2D eigenvalue weighted by atomic mass is 10.3. The van der Waals surface area contributed by atoms with Crippen LogP contribution >= 0.6 is 16.5 Å². The minimum Gasteiger partial charge on any atom is -0.480 e. The van der Waals surface area contributed by atoms with Gasteiger partial charge in [-0.3, -0.25) is 57.0 Å². The summed E-state index contributed by atoms with van der Waals surface area (Å²) >= 11 is 0. The van der Waals surface area contributed by atoms with Gasteiger partial charge in [-0.05, 0) is 0 Å². The summed E-state index contributed by atoms with van der Waals surface area (Å²) in [7, 11) is -6.92. The Hall–Kier alpha value is -1.98. The highest BCUT2D eigenvalue weighted by Crippen LogP contribution is 2.27. The maximum atomic E-state index is 12.6. The third kappa shape index (κ3) is 18.1. The molecule has 39 heavy (non-hydrogen) atoms. The van der Waals surface area contributed by atoms with E-state index in [1.807, 2.05) is 0 Å². The van der Waals surface area contributed by atoms with Crippen molar-refractivity contribution in [3.63, 3.8) is 0 Å². The number of carbonyl (C=O) groups is 4. The van der Waals surface area contributed by atoms with E-state index < -0.39 is 46.6 Å². The van der Waals surface area contributed by atoms with Crippen molar-refractivity contribution in [2.45, 2.75) is 12.7 Å². The standard InChI is InChI=1S/C19H37N5O13P2/c25-15(20-2-1-19(36-38(32)33)37-39(34)35)11-21-3-5-22(12-16(26)27)7-9-24(14-18(30)31)10-8-23(6-4-21)13-17(28)29/h19,38-39H,1-14H2,(H,20,25)(H,26,27)(H,28,29)(H,30,31)(H,32,33)(H,34,35). The molecule has 1 amide bonds. The van der Waals surface area contributed by atoms with Crippen LogP contribution in [0, 0.1) is 0 Å². The second kappa shape index (κ2) is 19.2. The molecule has 0 saturated carbocycles. The molecule has 0 radical (unpaired) electrons. The monoisotopic (exact) mass is 605 g/mol. The maximum Gasteiger partial charge on any atom is 0.318 e. The number of hydrogen-bond acceptors (Lipinski definition) is 12. The molecule has 2 unspecified atom stereocenters. The van der Waals surface area contributed by atoms with E-state index in [0.29, 0.717) is 0 Å². The second-order valence-corrected chi connectivity index (χ2v) is 10.2. The van der Waals surface area contributed by atoms with Crippen LogP contribution in [0.1, 0.15) is 6.42 Å². The fourth-order valence-electron chi connectivity index (χ4n) is 3.74. The van der Waals surface area contributed by atoms with Gasteiger partial charge in [0.25, 0.3) is 0 Å². The van der Waals surface area contributed by atoms with Crippen LogP contribution in [0.4, 0.5) is 0 Å². The normalized spacial score (nSPS) is 19.7. The van der Waals surface area contributed by atoms with Crippen LogP contribution in [0.25, 0.3) is 0 Å². The van der Waals surface area contributed by atoms with Gasteiger partial charge in [0.15, 0.2) is 6.29 Å². The van der Waals surface area contributed by atoms with Gasteiger partial charge >= 0.3 is 34.4 Å². The molecule has 0 bridgehead atoms. The predicted octanol–water partition coefficient (Wildman–Crippen LogP) is -2.91. The number of rotatable bonds is 15. The third-order valence-electron chi connectivity index (χ3n) is 5.54. The first-order valence-corrected chi connectivity index (χ1v) is 14.5. The van der Waals surface area contributed by atoms with Crippen molar-refractivity contribution in [3.05, 3.63) is 0 Å². The van der Waals surface area contributed by atoms with Gasteiger partial charge < -0.3 is 30.4 Å². The van der Waals surface area contributed by atoms with Crippen LogP contribution < -0.4 is 5.32 Å². The summed E-state index contributed by atoms with van der Waals surface area (Å²) in [5.74, 6) is -3.68. The van der Waals surface area contributed by atoms with Gasteiger partial charge in [-0.2, -0.15) is 0 Å². The van der Waals surface area contributed by atoms with Gasteiger partial charge in [-0.1, -0.05) is 0 Å². The van der Waals surface area contributed by atoms with E-state index in [0.717, 1.165) is 0 Å². The molecule has 1 rings (SSSR count). The molecule has 0 aliphatic carbocycles. The highest BCUT2D eigenvalue weighted by atomic mass is 31.1. The van der Waals surface area contributed by atoms with E-state index in [2.05, 4.69) is 14.4 Å². The Morgan fingerprint density at radius 1 is 0.641 bits per heavy atom. The Bertz CT molecular complexity index is 820. The maximum absolute atomic E-state index is 12.6. The summed E-state index contributed by atoms with van der Waals surface area (Å²) in [6.07, 6.45) is -1.67. The SMILES string of the molecule is O=C(O)CN1CCN(CC(=O)O)CCN(CC(=O)NCCC(O[PH](=O)O)O[PH](=O)O)CCN(CC(=O)O)CC1. The topological polar surface area (TPSA) is 247 Å². The van der Waals surface area contributed by atoms with Crippen molar-refractivity contribution in [1.82, 2.24) is 24.9 Å². The summed E-state index contributed by atoms with van der Waals surface area (Å²) in [5, 5.41) is 30.3. The largest absolute Gasteiger partial charge is 0.480 e. The van der Waals surface area contributed by atoms with Gasteiger partial charge in [-0.15, -0.1) is 0 Å². The molecule has 1 heterocycles. The zero-order valence-corrected chi connectivity index (χ0v) is 23.3. The van der Waals surface area contributed by atoms with Gasteiger partial charge in [0.1, 0.15) is 0 Å². The van der Waals surface area contributed by atoms with E-state index in [1.54, 1.807) is 19.6 Å². The Labute approximate surface area is 225 Å². The fourth-order valence-corrected chi connectivity index (χ4v) is 4.62. The average Bonchev–Trinajstić information content (AvgIpc) is 2.78. The minimum atomic E-state index is -3.46. The zero-order chi connectivity index (χ0) is 29.4. The van der Waals surface area contributed by atoms with Crippen LogP contribution in [-0.2, 0) is 37.4 Å². The molecule has 0 aromatic heterocycles. The van der Waals surface area contributed by atoms with Crippen molar-refractivity contribution in [2.24, 2.45) is 0 Å². The molecule has 0 aromatic carbocycles. The first-order chi connectivity index (χ1) is 18.3. The molecule has 1 aliphatic heterocycles. The van der Waals surface area contributed by atoms with Crippen molar-refractivity contribution < 1.29 is 62.5 Å². The van der Waals surface area contributed by atoms with Crippen LogP contribution in [0.5, 0.6) is 0 Å². The molecule has 2 atom stereocenters. The van der Waals surface area contributed by atoms with Crippen molar-refractivity contribution in [3.8, 4) is 0 Å². The lowest BCUT2D eigenvalue weighted by molar-refractivity contribution is -0.140. The van der Waals surface area contributed by atoms with Gasteiger partial charge in [0, 0.05) is 65.3 Å². The second-order valence-electron chi connectivity index (χ2n) is 8.62. The quantitative estimate of drug-likeness (QED) is 0.0809. The fraction of sp³-hybridized carbons (Fsp3) is 0.789. The number of carboxylic acids is 3. The van der Waals surface area contributed by atoms with Crippen LogP contribution in [0.2, 0.25) is 0 Å². The number of nitrogens with zero attached hydrogens (tertiary/aromatic N) is 4. The Morgan fingerprint density at radius 3 is 1.23 bits per heavy atom. The van der Waals surface area contributed by atoms with Crippen LogP contribution in [-0.4, -0.2) is 160 Å². The molecule has 1 fully saturated rings. The highest BCUT2D eigenvalue weighted by Gasteiger charge is 2.21. The number of amides is 1. The van der Waals surface area contributed by atoms with Crippen molar-refractivity contribution in [1.29, 1.82) is 0 Å². The number of aliphatic carboxylic acids is 3. The Morgan fingerprint density at radius 2 is 0.949 bits per heavy atom. The smallest absolute Gasteiger partial charge is 0.318 e. The highest BCUT2D eigenvalue weighted by molar-refractivity contribution is 7.32. The van der Waals surface area contributed by atoms with Crippen molar-refractivity contribution >= 4 is 40.3 Å². The summed E-state index contributed by atoms with van der Waals surface area (Å²) in [6.45, 7) is 0.786. The lowest BCUT2D eigenvalue weighted by Gasteiger charge is -2.32. The molecule has 1 saturated heterocycles. The molecule has 226 valence electrons. The third-order valence-corrected chi connectivity index (χ3v) is 6.47. The zero-order valence-electron chi connectivity index (χ0n) is 21.3. The number of nitrogens with one attached hydrogen (secondary N) is 1. The molecule has 6 N–H and O–H groups in total. The molecule has 0 aromatic rings. The molecule has 1 aliphatic rings. The van der Waals surface area contributed by atoms with E-state index in [1.165, 1.54) is 0 Å². The molecular formula is C19H37N5O13P2. The lowest BCUT2D eigenvalue weighted by Crippen LogP contribution is -2.49. The van der Waals surface area contributed by atoms with E-state index in [9.17, 15) is 43.6 Å². The summed E-state index contributed by atoms with van der Waals surface area (Å²) in [6, 6.07) is 0. The number of carbonyl (C=O) groups excluding carboxylic acids is 1. The molecule has 0 spiro atoms. The molecular weight excluding hydrogens is 568 g/mol. The Balaban J connectivity index is 2.86. The van der Waals surface area contributed by atoms with Gasteiger partial charge in [-0.25, -0.2) is 0 Å². The Kier molecular flexibility index (Phi) is 17.2. The predicted molar refractivity (Wildman–Crippen MR) is 135 cm³/mol. The number of carboxylic acid groups (broad SMARTS) is 3. The van der Waals surface area contributed by atoms with E-state index in [-0.39, 0.29) is 91.5 Å². The van der Waals surface area contributed by atoms with Crippen LogP contribution in [0.3, 0.4) is 0 Å². The average molecular weight is 605 g/mol. The number of hydrogen-bond donors (Lipinski definition) is 6.